The van der Waals surface area contributed by atoms with Crippen LogP contribution in [-0.2, 0) is 0 Å². The summed E-state index contributed by atoms with van der Waals surface area (Å²) < 4.78 is 5.54. The molecule has 0 aliphatic carbocycles. The van der Waals surface area contributed by atoms with Gasteiger partial charge in [0.2, 0.25) is 11.9 Å². The van der Waals surface area contributed by atoms with Crippen LogP contribution in [0.15, 0.2) is 0 Å². The van der Waals surface area contributed by atoms with Crippen LogP contribution in [-0.4, -0.2) is 52.4 Å². The van der Waals surface area contributed by atoms with Crippen molar-refractivity contribution in [2.45, 2.75) is 39.7 Å². The van der Waals surface area contributed by atoms with Gasteiger partial charge >= 0.3 is 6.01 Å². The van der Waals surface area contributed by atoms with Gasteiger partial charge in [0.1, 0.15) is 0 Å². The van der Waals surface area contributed by atoms with Gasteiger partial charge in [-0.1, -0.05) is 13.8 Å². The molecule has 0 aromatic carbocycles. The molecular formula is C14H25N5O2. The number of piperidine rings is 1. The quantitative estimate of drug-likeness (QED) is 0.818. The minimum Gasteiger partial charge on any atom is -0.463 e. The summed E-state index contributed by atoms with van der Waals surface area (Å²) in [7, 11) is 0. The van der Waals surface area contributed by atoms with E-state index in [9.17, 15) is 5.11 Å². The third-order valence-electron chi connectivity index (χ3n) is 3.52. The molecule has 0 amide bonds. The molecule has 1 aromatic rings. The van der Waals surface area contributed by atoms with Crippen LogP contribution in [0.3, 0.4) is 0 Å². The van der Waals surface area contributed by atoms with Gasteiger partial charge in [0.25, 0.3) is 0 Å². The smallest absolute Gasteiger partial charge is 0.323 e. The van der Waals surface area contributed by atoms with Crippen LogP contribution in [0.4, 0.5) is 11.9 Å². The molecule has 0 saturated carbocycles. The van der Waals surface area contributed by atoms with Crippen LogP contribution in [0.25, 0.3) is 0 Å². The Bertz CT molecular complexity index is 457. The molecule has 0 bridgehead atoms. The maximum absolute atomic E-state index is 9.84. The van der Waals surface area contributed by atoms with Crippen molar-refractivity contribution in [2.24, 2.45) is 5.92 Å². The first kappa shape index (κ1) is 15.8. The van der Waals surface area contributed by atoms with E-state index < -0.39 is 0 Å². The number of aromatic nitrogens is 3. The highest BCUT2D eigenvalue weighted by atomic mass is 16.5. The zero-order valence-corrected chi connectivity index (χ0v) is 13.0. The molecule has 1 saturated heterocycles. The lowest BCUT2D eigenvalue weighted by Crippen LogP contribution is -2.42. The molecular weight excluding hydrogens is 270 g/mol. The Hall–Kier alpha value is -1.63. The Kier molecular flexibility index (Phi) is 5.55. The van der Waals surface area contributed by atoms with Gasteiger partial charge in [-0.05, 0) is 25.7 Å². The minimum atomic E-state index is -0.243. The Morgan fingerprint density at radius 2 is 2.14 bits per heavy atom. The average molecular weight is 295 g/mol. The summed E-state index contributed by atoms with van der Waals surface area (Å²) in [6.45, 7) is 8.89. The van der Waals surface area contributed by atoms with E-state index in [1.807, 2.05) is 20.8 Å². The fourth-order valence-electron chi connectivity index (χ4n) is 2.30. The highest BCUT2D eigenvalue weighted by Crippen LogP contribution is 2.22. The van der Waals surface area contributed by atoms with Gasteiger partial charge in [-0.25, -0.2) is 0 Å². The first-order chi connectivity index (χ1) is 10.1. The van der Waals surface area contributed by atoms with Crippen molar-refractivity contribution in [3.8, 4) is 6.01 Å². The van der Waals surface area contributed by atoms with Gasteiger partial charge in [0, 0.05) is 19.6 Å². The minimum absolute atomic E-state index is 0.207. The lowest BCUT2D eigenvalue weighted by Gasteiger charge is -2.34. The summed E-state index contributed by atoms with van der Waals surface area (Å²) in [5.74, 6) is 1.36. The molecule has 7 heteroatoms. The van der Waals surface area contributed by atoms with Crippen molar-refractivity contribution in [1.82, 2.24) is 15.0 Å². The first-order valence-electron chi connectivity index (χ1n) is 7.69. The molecule has 0 spiro atoms. The lowest BCUT2D eigenvalue weighted by molar-refractivity contribution is 0.0966. The maximum Gasteiger partial charge on any atom is 0.323 e. The molecule has 118 valence electrons. The van der Waals surface area contributed by atoms with Gasteiger partial charge in [-0.3, -0.25) is 0 Å². The van der Waals surface area contributed by atoms with Crippen LogP contribution in [0.2, 0.25) is 0 Å². The third-order valence-corrected chi connectivity index (χ3v) is 3.52. The molecule has 2 rings (SSSR count). The van der Waals surface area contributed by atoms with E-state index in [0.29, 0.717) is 24.5 Å². The van der Waals surface area contributed by atoms with E-state index in [1.54, 1.807) is 0 Å². The summed E-state index contributed by atoms with van der Waals surface area (Å²) in [6.07, 6.45) is 1.39. The van der Waals surface area contributed by atoms with E-state index in [2.05, 4.69) is 25.2 Å². The SMILES string of the molecule is CCCOc1nc(NCC)nc(N2CCC(O)C(C)C2)n1. The molecule has 2 heterocycles. The molecule has 1 aliphatic heterocycles. The van der Waals surface area contributed by atoms with E-state index in [1.165, 1.54) is 0 Å². The number of hydrogen-bond donors (Lipinski definition) is 2. The first-order valence-corrected chi connectivity index (χ1v) is 7.69. The number of nitrogens with zero attached hydrogens (tertiary/aromatic N) is 4. The van der Waals surface area contributed by atoms with Crippen LogP contribution >= 0.6 is 0 Å². The monoisotopic (exact) mass is 295 g/mol. The summed E-state index contributed by atoms with van der Waals surface area (Å²) in [4.78, 5) is 15.2. The van der Waals surface area contributed by atoms with Crippen molar-refractivity contribution in [1.29, 1.82) is 0 Å². The molecule has 1 fully saturated rings. The lowest BCUT2D eigenvalue weighted by atomic mass is 9.97. The summed E-state index contributed by atoms with van der Waals surface area (Å²) in [5.41, 5.74) is 0. The number of rotatable bonds is 6. The van der Waals surface area contributed by atoms with Crippen LogP contribution in [0.5, 0.6) is 6.01 Å². The van der Waals surface area contributed by atoms with Crippen LogP contribution in [0, 0.1) is 5.92 Å². The van der Waals surface area contributed by atoms with Gasteiger partial charge < -0.3 is 20.1 Å². The normalized spacial score (nSPS) is 22.2. The second-order valence-electron chi connectivity index (χ2n) is 5.40. The largest absolute Gasteiger partial charge is 0.463 e. The van der Waals surface area contributed by atoms with Crippen molar-refractivity contribution >= 4 is 11.9 Å². The standard InChI is InChI=1S/C14H25N5O2/c1-4-8-21-14-17-12(15-5-2)16-13(18-14)19-7-6-11(20)10(3)9-19/h10-11,20H,4-9H2,1-3H3,(H,15,16,17,18). The third kappa shape index (κ3) is 4.17. The molecule has 21 heavy (non-hydrogen) atoms. The topological polar surface area (TPSA) is 83.4 Å². The zero-order valence-electron chi connectivity index (χ0n) is 13.0. The van der Waals surface area contributed by atoms with Crippen molar-refractivity contribution in [3.63, 3.8) is 0 Å². The van der Waals surface area contributed by atoms with Crippen molar-refractivity contribution in [3.05, 3.63) is 0 Å². The number of hydrogen-bond acceptors (Lipinski definition) is 7. The van der Waals surface area contributed by atoms with Gasteiger partial charge in [-0.2, -0.15) is 15.0 Å². The van der Waals surface area contributed by atoms with E-state index in [4.69, 9.17) is 4.74 Å². The average Bonchev–Trinajstić information content (AvgIpc) is 2.48. The van der Waals surface area contributed by atoms with Crippen LogP contribution < -0.4 is 15.0 Å². The Balaban J connectivity index is 2.18. The maximum atomic E-state index is 9.84. The molecule has 2 atom stereocenters. The van der Waals surface area contributed by atoms with Crippen molar-refractivity contribution in [2.75, 3.05) is 36.5 Å². The number of aliphatic hydroxyl groups excluding tert-OH is 1. The van der Waals surface area contributed by atoms with Gasteiger partial charge in [0.05, 0.1) is 12.7 Å². The predicted molar refractivity (Wildman–Crippen MR) is 81.8 cm³/mol. The highest BCUT2D eigenvalue weighted by molar-refractivity contribution is 5.39. The summed E-state index contributed by atoms with van der Waals surface area (Å²) in [5, 5.41) is 12.9. The number of anilines is 2. The van der Waals surface area contributed by atoms with E-state index in [0.717, 1.165) is 32.5 Å². The molecule has 2 N–H and O–H groups in total. The molecule has 1 aromatic heterocycles. The predicted octanol–water partition coefficient (Wildman–Crippen LogP) is 1.30. The van der Waals surface area contributed by atoms with E-state index >= 15 is 0 Å². The van der Waals surface area contributed by atoms with Crippen molar-refractivity contribution < 1.29 is 9.84 Å². The molecule has 7 nitrogen and oxygen atoms in total. The molecule has 1 aliphatic rings. The van der Waals surface area contributed by atoms with Crippen LogP contribution in [0.1, 0.15) is 33.6 Å². The zero-order chi connectivity index (χ0) is 15.2. The van der Waals surface area contributed by atoms with Gasteiger partial charge in [-0.15, -0.1) is 0 Å². The Morgan fingerprint density at radius 1 is 1.33 bits per heavy atom. The summed E-state index contributed by atoms with van der Waals surface area (Å²) >= 11 is 0. The number of ether oxygens (including phenoxy) is 1. The van der Waals surface area contributed by atoms with Gasteiger partial charge in [0.15, 0.2) is 0 Å². The highest BCUT2D eigenvalue weighted by Gasteiger charge is 2.26. The fraction of sp³-hybridized carbons (Fsp3) is 0.786. The summed E-state index contributed by atoms with van der Waals surface area (Å²) in [6, 6.07) is 0.358. The molecule has 2 unspecified atom stereocenters. The van der Waals surface area contributed by atoms with E-state index in [-0.39, 0.29) is 12.0 Å². The second-order valence-corrected chi connectivity index (χ2v) is 5.40. The number of aliphatic hydroxyl groups is 1. The Labute approximate surface area is 125 Å². The fourth-order valence-corrected chi connectivity index (χ4v) is 2.30. The molecule has 0 radical (unpaired) electrons. The second kappa shape index (κ2) is 7.40. The number of nitrogens with one attached hydrogen (secondary N) is 1. The Morgan fingerprint density at radius 3 is 2.81 bits per heavy atom.